The lowest BCUT2D eigenvalue weighted by Crippen LogP contribution is -2.17. The molecule has 0 radical (unpaired) electrons. The molecule has 0 aliphatic heterocycles. The average molecular weight is 288 g/mol. The van der Waals surface area contributed by atoms with E-state index in [0.717, 1.165) is 11.1 Å². The summed E-state index contributed by atoms with van der Waals surface area (Å²) in [5, 5.41) is 10.2. The third-order valence-corrected chi connectivity index (χ3v) is 3.35. The molecule has 2 aromatic carbocycles. The number of para-hydroxylation sites is 1. The lowest BCUT2D eigenvalue weighted by atomic mass is 9.85. The Morgan fingerprint density at radius 1 is 1.05 bits per heavy atom. The molecular formula is C18H21FO2. The molecule has 0 aromatic heterocycles. The van der Waals surface area contributed by atoms with Crippen LogP contribution in [0.3, 0.4) is 0 Å². The van der Waals surface area contributed by atoms with Crippen LogP contribution >= 0.6 is 0 Å². The van der Waals surface area contributed by atoms with Crippen LogP contribution in [0, 0.1) is 11.2 Å². The van der Waals surface area contributed by atoms with Gasteiger partial charge in [0.25, 0.3) is 0 Å². The molecule has 1 unspecified atom stereocenters. The summed E-state index contributed by atoms with van der Waals surface area (Å²) in [6, 6.07) is 13.9. The number of hydrogen-bond acceptors (Lipinski definition) is 2. The maximum atomic E-state index is 13.4. The highest BCUT2D eigenvalue weighted by Crippen LogP contribution is 2.32. The van der Waals surface area contributed by atoms with E-state index in [1.54, 1.807) is 18.2 Å². The number of ether oxygens (including phenoxy) is 1. The molecule has 0 heterocycles. The normalized spacial score (nSPS) is 13.0. The first-order chi connectivity index (χ1) is 9.88. The Balaban J connectivity index is 2.02. The van der Waals surface area contributed by atoms with Gasteiger partial charge >= 0.3 is 0 Å². The molecule has 2 nitrogen and oxygen atoms in total. The van der Waals surface area contributed by atoms with Crippen molar-refractivity contribution in [2.75, 3.05) is 0 Å². The zero-order valence-electron chi connectivity index (χ0n) is 12.6. The first kappa shape index (κ1) is 15.5. The van der Waals surface area contributed by atoms with Crippen LogP contribution in [0.5, 0.6) is 5.75 Å². The maximum absolute atomic E-state index is 13.4. The van der Waals surface area contributed by atoms with Crippen LogP contribution in [0.15, 0.2) is 48.5 Å². The number of benzene rings is 2. The zero-order valence-corrected chi connectivity index (χ0v) is 12.6. The standard InChI is InChI=1S/C18H21FO2/c1-18(2,3)17(20)14-10-8-13(9-11-14)12-21-16-7-5-4-6-15(16)19/h4-11,17,20H,12H2,1-3H3. The van der Waals surface area contributed by atoms with Gasteiger partial charge in [0.2, 0.25) is 0 Å². The molecule has 0 saturated carbocycles. The van der Waals surface area contributed by atoms with Gasteiger partial charge in [-0.3, -0.25) is 0 Å². The highest BCUT2D eigenvalue weighted by Gasteiger charge is 2.23. The van der Waals surface area contributed by atoms with E-state index in [4.69, 9.17) is 4.74 Å². The number of aliphatic hydroxyl groups excluding tert-OH is 1. The van der Waals surface area contributed by atoms with Crippen LogP contribution in [0.1, 0.15) is 38.0 Å². The van der Waals surface area contributed by atoms with Gasteiger partial charge < -0.3 is 9.84 Å². The molecule has 2 aromatic rings. The van der Waals surface area contributed by atoms with Gasteiger partial charge in [0.1, 0.15) is 6.61 Å². The van der Waals surface area contributed by atoms with Crippen molar-refractivity contribution in [3.63, 3.8) is 0 Å². The van der Waals surface area contributed by atoms with Crippen molar-refractivity contribution in [1.29, 1.82) is 0 Å². The molecule has 0 fully saturated rings. The molecule has 0 spiro atoms. The van der Waals surface area contributed by atoms with Crippen LogP contribution in [0.2, 0.25) is 0 Å². The third-order valence-electron chi connectivity index (χ3n) is 3.35. The summed E-state index contributed by atoms with van der Waals surface area (Å²) < 4.78 is 18.9. The Labute approximate surface area is 125 Å². The second kappa shape index (κ2) is 6.27. The van der Waals surface area contributed by atoms with Crippen LogP contribution in [-0.4, -0.2) is 5.11 Å². The van der Waals surface area contributed by atoms with Crippen molar-refractivity contribution in [1.82, 2.24) is 0 Å². The number of hydrogen-bond donors (Lipinski definition) is 1. The summed E-state index contributed by atoms with van der Waals surface area (Å²) in [7, 11) is 0. The van der Waals surface area contributed by atoms with Crippen molar-refractivity contribution < 1.29 is 14.2 Å². The molecule has 2 rings (SSSR count). The first-order valence-electron chi connectivity index (χ1n) is 7.02. The lowest BCUT2D eigenvalue weighted by molar-refractivity contribution is 0.0626. The van der Waals surface area contributed by atoms with Gasteiger partial charge in [-0.25, -0.2) is 4.39 Å². The van der Waals surface area contributed by atoms with Gasteiger partial charge in [-0.15, -0.1) is 0 Å². The highest BCUT2D eigenvalue weighted by atomic mass is 19.1. The van der Waals surface area contributed by atoms with E-state index in [-0.39, 0.29) is 17.0 Å². The lowest BCUT2D eigenvalue weighted by Gasteiger charge is -2.26. The quantitative estimate of drug-likeness (QED) is 0.898. The van der Waals surface area contributed by atoms with Crippen LogP contribution in [-0.2, 0) is 6.61 Å². The molecule has 21 heavy (non-hydrogen) atoms. The van der Waals surface area contributed by atoms with Gasteiger partial charge in [0.15, 0.2) is 11.6 Å². The molecule has 3 heteroatoms. The van der Waals surface area contributed by atoms with Crippen LogP contribution < -0.4 is 4.74 Å². The summed E-state index contributed by atoms with van der Waals surface area (Å²) in [4.78, 5) is 0. The van der Waals surface area contributed by atoms with Gasteiger partial charge in [0, 0.05) is 0 Å². The van der Waals surface area contributed by atoms with E-state index >= 15 is 0 Å². The van der Waals surface area contributed by atoms with E-state index in [0.29, 0.717) is 6.61 Å². The highest BCUT2D eigenvalue weighted by molar-refractivity contribution is 5.27. The topological polar surface area (TPSA) is 29.5 Å². The molecule has 112 valence electrons. The largest absolute Gasteiger partial charge is 0.486 e. The van der Waals surface area contributed by atoms with E-state index in [1.807, 2.05) is 45.0 Å². The van der Waals surface area contributed by atoms with Crippen LogP contribution in [0.25, 0.3) is 0 Å². The Bertz CT molecular complexity index is 585. The predicted octanol–water partition coefficient (Wildman–Crippen LogP) is 4.48. The number of aliphatic hydroxyl groups is 1. The van der Waals surface area contributed by atoms with Crippen LogP contribution in [0.4, 0.5) is 4.39 Å². The van der Waals surface area contributed by atoms with E-state index in [9.17, 15) is 9.50 Å². The molecular weight excluding hydrogens is 267 g/mol. The SMILES string of the molecule is CC(C)(C)C(O)c1ccc(COc2ccccc2F)cc1. The summed E-state index contributed by atoms with van der Waals surface area (Å²) in [6.07, 6.45) is -0.515. The van der Waals surface area contributed by atoms with Crippen molar-refractivity contribution in [2.24, 2.45) is 5.41 Å². The maximum Gasteiger partial charge on any atom is 0.165 e. The van der Waals surface area contributed by atoms with Crippen molar-refractivity contribution in [3.8, 4) is 5.75 Å². The summed E-state index contributed by atoms with van der Waals surface area (Å²) in [6.45, 7) is 6.28. The Hall–Kier alpha value is -1.87. The first-order valence-corrected chi connectivity index (χ1v) is 7.02. The number of halogens is 1. The summed E-state index contributed by atoms with van der Waals surface area (Å²) in [5.41, 5.74) is 1.60. The van der Waals surface area contributed by atoms with Crippen molar-refractivity contribution in [3.05, 3.63) is 65.5 Å². The van der Waals surface area contributed by atoms with Gasteiger partial charge in [-0.05, 0) is 28.7 Å². The second-order valence-electron chi connectivity index (χ2n) is 6.23. The van der Waals surface area contributed by atoms with E-state index in [1.165, 1.54) is 6.07 Å². The van der Waals surface area contributed by atoms with Crippen molar-refractivity contribution >= 4 is 0 Å². The third kappa shape index (κ3) is 4.05. The Kier molecular flexibility index (Phi) is 4.63. The molecule has 0 bridgehead atoms. The predicted molar refractivity (Wildman–Crippen MR) is 81.6 cm³/mol. The molecule has 0 amide bonds. The molecule has 0 saturated heterocycles. The Morgan fingerprint density at radius 3 is 2.24 bits per heavy atom. The Morgan fingerprint density at radius 2 is 1.67 bits per heavy atom. The minimum absolute atomic E-state index is 0.203. The fraction of sp³-hybridized carbons (Fsp3) is 0.333. The minimum atomic E-state index is -0.515. The fourth-order valence-electron chi connectivity index (χ4n) is 2.02. The number of rotatable bonds is 4. The molecule has 0 aliphatic carbocycles. The molecule has 1 atom stereocenters. The van der Waals surface area contributed by atoms with Gasteiger partial charge in [0.05, 0.1) is 6.10 Å². The fourth-order valence-corrected chi connectivity index (χ4v) is 2.02. The minimum Gasteiger partial charge on any atom is -0.486 e. The summed E-state index contributed by atoms with van der Waals surface area (Å²) >= 11 is 0. The average Bonchev–Trinajstić information content (AvgIpc) is 2.45. The molecule has 1 N–H and O–H groups in total. The van der Waals surface area contributed by atoms with Gasteiger partial charge in [-0.2, -0.15) is 0 Å². The second-order valence-corrected chi connectivity index (χ2v) is 6.23. The smallest absolute Gasteiger partial charge is 0.165 e. The van der Waals surface area contributed by atoms with E-state index < -0.39 is 6.10 Å². The van der Waals surface area contributed by atoms with Gasteiger partial charge in [-0.1, -0.05) is 57.2 Å². The zero-order chi connectivity index (χ0) is 15.5. The van der Waals surface area contributed by atoms with E-state index in [2.05, 4.69) is 0 Å². The summed E-state index contributed by atoms with van der Waals surface area (Å²) in [5.74, 6) is -0.117. The van der Waals surface area contributed by atoms with Crippen molar-refractivity contribution in [2.45, 2.75) is 33.5 Å². The molecule has 0 aliphatic rings. The monoisotopic (exact) mass is 288 g/mol.